The highest BCUT2D eigenvalue weighted by atomic mass is 79.9. The van der Waals surface area contributed by atoms with Crippen LogP contribution in [0.3, 0.4) is 0 Å². The van der Waals surface area contributed by atoms with Crippen molar-refractivity contribution < 1.29 is 14.7 Å². The number of carboxylic acid groups (broad SMARTS) is 1. The van der Waals surface area contributed by atoms with E-state index >= 15 is 0 Å². The van der Waals surface area contributed by atoms with Crippen LogP contribution in [0.5, 0.6) is 0 Å². The Labute approximate surface area is 94.5 Å². The highest BCUT2D eigenvalue weighted by Gasteiger charge is 2.11. The summed E-state index contributed by atoms with van der Waals surface area (Å²) in [6.07, 6.45) is 1.56. The third kappa shape index (κ3) is 2.69. The third-order valence-electron chi connectivity index (χ3n) is 1.76. The lowest BCUT2D eigenvalue weighted by atomic mass is 10.4. The number of aromatic carboxylic acids is 1. The Morgan fingerprint density at radius 3 is 2.60 bits per heavy atom. The summed E-state index contributed by atoms with van der Waals surface area (Å²) >= 11 is 2.73. The maximum absolute atomic E-state index is 10.8. The fourth-order valence-electron chi connectivity index (χ4n) is 1.07. The third-order valence-corrected chi connectivity index (χ3v) is 2.24. The molecule has 0 unspecified atom stereocenters. The standard InChI is InChI=1S/C9H9BrN2O3/c1-5(8(10)13)11-6-3-7(9(14)15)12(2)4-6/h3-4,11H,1H2,2H3,(H,14,15). The van der Waals surface area contributed by atoms with Gasteiger partial charge in [-0.15, -0.1) is 0 Å². The van der Waals surface area contributed by atoms with E-state index in [0.717, 1.165) is 0 Å². The Balaban J connectivity index is 2.89. The Morgan fingerprint density at radius 2 is 2.20 bits per heavy atom. The maximum Gasteiger partial charge on any atom is 0.352 e. The van der Waals surface area contributed by atoms with Gasteiger partial charge >= 0.3 is 5.97 Å². The van der Waals surface area contributed by atoms with Crippen molar-refractivity contribution in [3.05, 3.63) is 30.2 Å². The van der Waals surface area contributed by atoms with Crippen molar-refractivity contribution in [2.24, 2.45) is 7.05 Å². The molecule has 6 heteroatoms. The minimum atomic E-state index is -1.03. The van der Waals surface area contributed by atoms with Gasteiger partial charge in [-0.25, -0.2) is 4.79 Å². The molecule has 1 rings (SSSR count). The number of anilines is 1. The molecule has 80 valence electrons. The molecule has 0 spiro atoms. The second-order valence-corrected chi connectivity index (χ2v) is 3.63. The summed E-state index contributed by atoms with van der Waals surface area (Å²) in [5.41, 5.74) is 0.789. The van der Waals surface area contributed by atoms with Crippen LogP contribution in [0.2, 0.25) is 0 Å². The summed E-state index contributed by atoms with van der Waals surface area (Å²) < 4.78 is 1.07. The number of halogens is 1. The molecule has 0 saturated carbocycles. The number of carbonyl (C=O) groups excluding carboxylic acids is 1. The van der Waals surface area contributed by atoms with Crippen molar-refractivity contribution in [1.82, 2.24) is 4.57 Å². The first-order valence-corrected chi connectivity index (χ1v) is 4.76. The Bertz CT molecular complexity index is 437. The van der Waals surface area contributed by atoms with E-state index in [1.807, 2.05) is 0 Å². The van der Waals surface area contributed by atoms with Gasteiger partial charge in [-0.1, -0.05) is 6.58 Å². The topological polar surface area (TPSA) is 71.3 Å². The summed E-state index contributed by atoms with van der Waals surface area (Å²) in [4.78, 5) is 21.5. The number of allylic oxidation sites excluding steroid dienone is 1. The smallest absolute Gasteiger partial charge is 0.352 e. The fraction of sp³-hybridized carbons (Fsp3) is 0.111. The largest absolute Gasteiger partial charge is 0.477 e. The van der Waals surface area contributed by atoms with Crippen LogP contribution in [0.25, 0.3) is 0 Å². The quantitative estimate of drug-likeness (QED) is 0.645. The fourth-order valence-corrected chi connectivity index (χ4v) is 1.17. The first kappa shape index (κ1) is 11.5. The lowest BCUT2D eigenvalue weighted by molar-refractivity contribution is -0.107. The minimum Gasteiger partial charge on any atom is -0.477 e. The lowest BCUT2D eigenvalue weighted by Gasteiger charge is -2.00. The highest BCUT2D eigenvalue weighted by molar-refractivity contribution is 9.18. The zero-order valence-electron chi connectivity index (χ0n) is 7.95. The molecule has 0 aliphatic heterocycles. The van der Waals surface area contributed by atoms with Crippen molar-refractivity contribution in [3.8, 4) is 0 Å². The predicted molar refractivity (Wildman–Crippen MR) is 59.1 cm³/mol. The Morgan fingerprint density at radius 1 is 1.60 bits per heavy atom. The number of nitrogens with zero attached hydrogens (tertiary/aromatic N) is 1. The average molecular weight is 273 g/mol. The van der Waals surface area contributed by atoms with E-state index in [0.29, 0.717) is 5.69 Å². The maximum atomic E-state index is 10.8. The van der Waals surface area contributed by atoms with E-state index in [4.69, 9.17) is 5.11 Å². The molecule has 5 nitrogen and oxygen atoms in total. The van der Waals surface area contributed by atoms with E-state index in [1.54, 1.807) is 13.2 Å². The van der Waals surface area contributed by atoms with E-state index in [9.17, 15) is 9.59 Å². The second-order valence-electron chi connectivity index (χ2n) is 2.91. The molecule has 0 fully saturated rings. The number of nitrogens with one attached hydrogen (secondary N) is 1. The zero-order chi connectivity index (χ0) is 11.6. The van der Waals surface area contributed by atoms with Crippen molar-refractivity contribution in [2.45, 2.75) is 0 Å². The Hall–Kier alpha value is -1.56. The van der Waals surface area contributed by atoms with Crippen LogP contribution in [-0.4, -0.2) is 20.3 Å². The van der Waals surface area contributed by atoms with Gasteiger partial charge in [0.25, 0.3) is 0 Å². The lowest BCUT2D eigenvalue weighted by Crippen LogP contribution is -2.02. The summed E-state index contributed by atoms with van der Waals surface area (Å²) in [6.45, 7) is 3.47. The minimum absolute atomic E-state index is 0.132. The number of carboxylic acids is 1. The van der Waals surface area contributed by atoms with E-state index < -0.39 is 5.97 Å². The second kappa shape index (κ2) is 4.31. The number of carbonyl (C=O) groups is 2. The first-order valence-electron chi connectivity index (χ1n) is 3.97. The van der Waals surface area contributed by atoms with Crippen LogP contribution in [0.15, 0.2) is 24.5 Å². The Kier molecular flexibility index (Phi) is 3.31. The molecule has 0 aliphatic carbocycles. The van der Waals surface area contributed by atoms with Gasteiger partial charge in [0.2, 0.25) is 4.69 Å². The zero-order valence-corrected chi connectivity index (χ0v) is 9.54. The molecule has 0 bridgehead atoms. The van der Waals surface area contributed by atoms with Gasteiger partial charge in [-0.2, -0.15) is 0 Å². The first-order chi connectivity index (χ1) is 6.91. The number of hydrogen-bond acceptors (Lipinski definition) is 3. The average Bonchev–Trinajstić information content (AvgIpc) is 2.46. The van der Waals surface area contributed by atoms with E-state index in [1.165, 1.54) is 10.6 Å². The van der Waals surface area contributed by atoms with E-state index in [-0.39, 0.29) is 16.1 Å². The molecule has 15 heavy (non-hydrogen) atoms. The normalized spacial score (nSPS) is 9.73. The van der Waals surface area contributed by atoms with Crippen LogP contribution in [0.1, 0.15) is 10.5 Å². The van der Waals surface area contributed by atoms with Crippen LogP contribution in [0.4, 0.5) is 5.69 Å². The molecule has 0 saturated heterocycles. The summed E-state index contributed by atoms with van der Waals surface area (Å²) in [5, 5.41) is 11.5. The van der Waals surface area contributed by atoms with Gasteiger partial charge in [-0.05, 0) is 22.0 Å². The molecule has 0 amide bonds. The monoisotopic (exact) mass is 272 g/mol. The SMILES string of the molecule is C=C(Nc1cc(C(=O)O)n(C)c1)C(=O)Br. The van der Waals surface area contributed by atoms with Gasteiger partial charge in [-0.3, -0.25) is 4.79 Å². The molecule has 0 radical (unpaired) electrons. The van der Waals surface area contributed by atoms with Crippen molar-refractivity contribution in [1.29, 1.82) is 0 Å². The molecular formula is C9H9BrN2O3. The van der Waals surface area contributed by atoms with Gasteiger partial charge in [0.05, 0.1) is 11.4 Å². The molecular weight excluding hydrogens is 264 g/mol. The summed E-state index contributed by atoms with van der Waals surface area (Å²) in [7, 11) is 1.60. The van der Waals surface area contributed by atoms with Crippen molar-refractivity contribution in [2.75, 3.05) is 5.32 Å². The van der Waals surface area contributed by atoms with Crippen molar-refractivity contribution in [3.63, 3.8) is 0 Å². The number of aromatic nitrogens is 1. The van der Waals surface area contributed by atoms with E-state index in [2.05, 4.69) is 27.8 Å². The van der Waals surface area contributed by atoms with Crippen LogP contribution in [-0.2, 0) is 11.8 Å². The van der Waals surface area contributed by atoms with Gasteiger partial charge in [0.1, 0.15) is 5.69 Å². The molecule has 0 aliphatic rings. The number of hydrogen-bond donors (Lipinski definition) is 2. The highest BCUT2D eigenvalue weighted by Crippen LogP contribution is 2.15. The predicted octanol–water partition coefficient (Wildman–Crippen LogP) is 1.57. The molecule has 1 heterocycles. The van der Waals surface area contributed by atoms with Crippen molar-refractivity contribution >= 4 is 32.3 Å². The molecule has 0 atom stereocenters. The molecule has 0 aromatic carbocycles. The summed E-state index contributed by atoms with van der Waals surface area (Å²) in [5.74, 6) is -1.03. The summed E-state index contributed by atoms with van der Waals surface area (Å²) in [6, 6.07) is 1.42. The number of aryl methyl sites for hydroxylation is 1. The molecule has 1 aromatic rings. The van der Waals surface area contributed by atoms with Gasteiger partial charge in [0, 0.05) is 13.2 Å². The van der Waals surface area contributed by atoms with Gasteiger partial charge in [0.15, 0.2) is 0 Å². The van der Waals surface area contributed by atoms with Crippen LogP contribution in [0, 0.1) is 0 Å². The molecule has 2 N–H and O–H groups in total. The number of rotatable bonds is 4. The van der Waals surface area contributed by atoms with Crippen LogP contribution >= 0.6 is 15.9 Å². The van der Waals surface area contributed by atoms with Crippen LogP contribution < -0.4 is 5.32 Å². The van der Waals surface area contributed by atoms with Gasteiger partial charge < -0.3 is 15.0 Å². The molecule has 1 aromatic heterocycles.